The Bertz CT molecular complexity index is 519. The average Bonchev–Trinajstić information content (AvgIpc) is 2.55. The zero-order valence-electron chi connectivity index (χ0n) is 13.2. The van der Waals surface area contributed by atoms with Crippen LogP contribution in [0.1, 0.15) is 43.2 Å². The lowest BCUT2D eigenvalue weighted by molar-refractivity contribution is -0.137. The number of halogens is 4. The van der Waals surface area contributed by atoms with Crippen molar-refractivity contribution < 1.29 is 13.2 Å². The third-order valence-corrected chi connectivity index (χ3v) is 4.66. The van der Waals surface area contributed by atoms with Gasteiger partial charge in [-0.2, -0.15) is 13.2 Å². The van der Waals surface area contributed by atoms with E-state index in [4.69, 9.17) is 0 Å². The molecule has 0 radical (unpaired) electrons. The zero-order chi connectivity index (χ0) is 16.7. The van der Waals surface area contributed by atoms with Crippen molar-refractivity contribution in [2.75, 3.05) is 25.0 Å². The molecule has 1 heterocycles. The Labute approximate surface area is 144 Å². The molecule has 0 N–H and O–H groups in total. The van der Waals surface area contributed by atoms with Crippen molar-refractivity contribution in [3.63, 3.8) is 0 Å². The van der Waals surface area contributed by atoms with Crippen LogP contribution in [0.5, 0.6) is 0 Å². The van der Waals surface area contributed by atoms with Crippen LogP contribution >= 0.6 is 15.9 Å². The molecule has 0 unspecified atom stereocenters. The average molecular weight is 390 g/mol. The summed E-state index contributed by atoms with van der Waals surface area (Å²) in [6.45, 7) is 3.13. The number of hydrogen-bond donors (Lipinski definition) is 0. The summed E-state index contributed by atoms with van der Waals surface area (Å²) in [7, 11) is 0. The summed E-state index contributed by atoms with van der Waals surface area (Å²) in [6.07, 6.45) is 3.14. The van der Waals surface area contributed by atoms with Crippen LogP contribution in [0.3, 0.4) is 0 Å². The van der Waals surface area contributed by atoms with E-state index in [1.54, 1.807) is 6.07 Å². The molecule has 0 bridgehead atoms. The van der Waals surface area contributed by atoms with E-state index in [9.17, 15) is 13.2 Å². The van der Waals surface area contributed by atoms with Crippen LogP contribution in [0.4, 0.5) is 13.2 Å². The second-order valence-electron chi connectivity index (χ2n) is 5.94. The molecule has 1 aromatic carbocycles. The molecule has 0 aromatic heterocycles. The first kappa shape index (κ1) is 18.5. The minimum atomic E-state index is -4.29. The van der Waals surface area contributed by atoms with Gasteiger partial charge < -0.3 is 4.90 Å². The van der Waals surface area contributed by atoms with Gasteiger partial charge >= 0.3 is 6.18 Å². The summed E-state index contributed by atoms with van der Waals surface area (Å²) < 4.78 is 38.8. The number of benzene rings is 1. The van der Waals surface area contributed by atoms with Crippen molar-refractivity contribution >= 4 is 21.5 Å². The van der Waals surface area contributed by atoms with Crippen LogP contribution in [0.2, 0.25) is 0 Å². The maximum Gasteiger partial charge on any atom is 0.416 e. The third kappa shape index (κ3) is 5.96. The van der Waals surface area contributed by atoms with Gasteiger partial charge in [0.2, 0.25) is 0 Å². The number of likely N-dealkylation sites (tertiary alicyclic amines) is 1. The van der Waals surface area contributed by atoms with E-state index in [2.05, 4.69) is 26.9 Å². The second kappa shape index (κ2) is 8.88. The number of piperidine rings is 1. The molecule has 0 amide bonds. The van der Waals surface area contributed by atoms with Gasteiger partial charge in [0.1, 0.15) is 0 Å². The molecule has 1 aromatic rings. The van der Waals surface area contributed by atoms with Crippen LogP contribution in [0.25, 0.3) is 5.57 Å². The quantitative estimate of drug-likeness (QED) is 0.559. The highest BCUT2D eigenvalue weighted by atomic mass is 79.9. The first-order valence-electron chi connectivity index (χ1n) is 8.15. The Kier molecular flexibility index (Phi) is 7.15. The van der Waals surface area contributed by atoms with Crippen molar-refractivity contribution in [2.45, 2.75) is 38.3 Å². The first-order chi connectivity index (χ1) is 11.0. The number of allylic oxidation sites excluding steroid dienone is 1. The van der Waals surface area contributed by atoms with Crippen LogP contribution < -0.4 is 0 Å². The van der Waals surface area contributed by atoms with Crippen LogP contribution in [0, 0.1) is 0 Å². The molecule has 0 saturated carbocycles. The Balaban J connectivity index is 2.11. The van der Waals surface area contributed by atoms with E-state index in [-0.39, 0.29) is 0 Å². The molecule has 1 aliphatic heterocycles. The van der Waals surface area contributed by atoms with E-state index >= 15 is 0 Å². The standard InChI is InChI=1S/C18H23BrF3N/c19-10-5-7-15(9-13-23-11-2-1-3-12-23)16-6-4-8-17(14-16)18(20,21)22/h4,6-8,14H,1-3,5,9-13H2. The van der Waals surface area contributed by atoms with Gasteiger partial charge in [-0.05, 0) is 62.0 Å². The van der Waals surface area contributed by atoms with Gasteiger partial charge in [-0.25, -0.2) is 0 Å². The predicted molar refractivity (Wildman–Crippen MR) is 92.7 cm³/mol. The van der Waals surface area contributed by atoms with Crippen molar-refractivity contribution in [3.8, 4) is 0 Å². The zero-order valence-corrected chi connectivity index (χ0v) is 14.8. The molecule has 23 heavy (non-hydrogen) atoms. The summed E-state index contributed by atoms with van der Waals surface area (Å²) in [5, 5.41) is 0.819. The largest absolute Gasteiger partial charge is 0.416 e. The van der Waals surface area contributed by atoms with Crippen LogP contribution in [0.15, 0.2) is 30.3 Å². The molecule has 0 atom stereocenters. The van der Waals surface area contributed by atoms with Gasteiger partial charge in [-0.1, -0.05) is 40.6 Å². The number of hydrogen-bond acceptors (Lipinski definition) is 1. The summed E-state index contributed by atoms with van der Waals surface area (Å²) in [4.78, 5) is 2.42. The number of rotatable bonds is 6. The highest BCUT2D eigenvalue weighted by molar-refractivity contribution is 9.09. The van der Waals surface area contributed by atoms with E-state index in [1.165, 1.54) is 31.4 Å². The lowest BCUT2D eigenvalue weighted by Gasteiger charge is -2.27. The van der Waals surface area contributed by atoms with Crippen molar-refractivity contribution in [1.29, 1.82) is 0 Å². The molecular weight excluding hydrogens is 367 g/mol. The van der Waals surface area contributed by atoms with Gasteiger partial charge in [-0.3, -0.25) is 0 Å². The summed E-state index contributed by atoms with van der Waals surface area (Å²) >= 11 is 3.39. The van der Waals surface area contributed by atoms with Gasteiger partial charge in [-0.15, -0.1) is 0 Å². The lowest BCUT2D eigenvalue weighted by Crippen LogP contribution is -2.30. The van der Waals surface area contributed by atoms with Gasteiger partial charge in [0, 0.05) is 11.9 Å². The summed E-state index contributed by atoms with van der Waals surface area (Å²) in [5.74, 6) is 0. The van der Waals surface area contributed by atoms with E-state index in [0.717, 1.165) is 49.4 Å². The fourth-order valence-corrected chi connectivity index (χ4v) is 3.18. The topological polar surface area (TPSA) is 3.24 Å². The van der Waals surface area contributed by atoms with Crippen LogP contribution in [-0.4, -0.2) is 29.9 Å². The minimum Gasteiger partial charge on any atom is -0.303 e. The minimum absolute atomic E-state index is 0.572. The number of alkyl halides is 4. The van der Waals surface area contributed by atoms with Gasteiger partial charge in [0.05, 0.1) is 5.56 Å². The monoisotopic (exact) mass is 389 g/mol. The fourth-order valence-electron chi connectivity index (χ4n) is 2.95. The lowest BCUT2D eigenvalue weighted by atomic mass is 9.98. The molecule has 0 spiro atoms. The van der Waals surface area contributed by atoms with E-state index in [0.29, 0.717) is 5.56 Å². The normalized spacial score (nSPS) is 17.5. The molecule has 2 rings (SSSR count). The molecule has 128 valence electrons. The van der Waals surface area contributed by atoms with Crippen LogP contribution in [-0.2, 0) is 6.18 Å². The Morgan fingerprint density at radius 3 is 2.57 bits per heavy atom. The molecular formula is C18H23BrF3N. The van der Waals surface area contributed by atoms with Crippen molar-refractivity contribution in [1.82, 2.24) is 4.90 Å². The molecule has 5 heteroatoms. The first-order valence-corrected chi connectivity index (χ1v) is 9.28. The van der Waals surface area contributed by atoms with Crippen molar-refractivity contribution in [2.24, 2.45) is 0 Å². The SMILES string of the molecule is FC(F)(F)c1cccc(C(=CCCBr)CCN2CCCCC2)c1. The fraction of sp³-hybridized carbons (Fsp3) is 0.556. The third-order valence-electron chi connectivity index (χ3n) is 4.21. The predicted octanol–water partition coefficient (Wildman–Crippen LogP) is 5.75. The molecule has 0 aliphatic carbocycles. The van der Waals surface area contributed by atoms with E-state index < -0.39 is 11.7 Å². The summed E-state index contributed by atoms with van der Waals surface area (Å²) in [6, 6.07) is 5.69. The molecule has 1 aliphatic rings. The highest BCUT2D eigenvalue weighted by Crippen LogP contribution is 2.32. The Morgan fingerprint density at radius 1 is 1.17 bits per heavy atom. The second-order valence-corrected chi connectivity index (χ2v) is 6.73. The van der Waals surface area contributed by atoms with Crippen molar-refractivity contribution in [3.05, 3.63) is 41.5 Å². The Morgan fingerprint density at radius 2 is 1.91 bits per heavy atom. The molecule has 1 nitrogen and oxygen atoms in total. The van der Waals surface area contributed by atoms with E-state index in [1.807, 2.05) is 0 Å². The smallest absolute Gasteiger partial charge is 0.303 e. The maximum atomic E-state index is 12.9. The molecule has 1 saturated heterocycles. The summed E-state index contributed by atoms with van der Waals surface area (Å²) in [5.41, 5.74) is 1.14. The maximum absolute atomic E-state index is 12.9. The Hall–Kier alpha value is -0.810. The van der Waals surface area contributed by atoms with Gasteiger partial charge in [0.15, 0.2) is 0 Å². The number of nitrogens with zero attached hydrogens (tertiary/aromatic N) is 1. The molecule has 1 fully saturated rings. The van der Waals surface area contributed by atoms with Gasteiger partial charge in [0.25, 0.3) is 0 Å². The highest BCUT2D eigenvalue weighted by Gasteiger charge is 2.30.